The average Bonchev–Trinajstić information content (AvgIpc) is 2.71. The first kappa shape index (κ1) is 13.4. The Labute approximate surface area is 124 Å². The van der Waals surface area contributed by atoms with Gasteiger partial charge in [0, 0.05) is 20.4 Å². The highest BCUT2D eigenvalue weighted by Gasteiger charge is 2.14. The van der Waals surface area contributed by atoms with Gasteiger partial charge in [0.2, 0.25) is 0 Å². The molecule has 3 nitrogen and oxygen atoms in total. The molecule has 0 amide bonds. The van der Waals surface area contributed by atoms with Crippen molar-refractivity contribution in [2.24, 2.45) is 0 Å². The largest absolute Gasteiger partial charge is 0.464 e. The molecular formula is C13H11ClINO2. The summed E-state index contributed by atoms with van der Waals surface area (Å²) in [4.78, 5) is 11.2. The molecule has 1 aromatic carbocycles. The van der Waals surface area contributed by atoms with Crippen LogP contribution in [-0.4, -0.2) is 15.8 Å². The topological polar surface area (TPSA) is 42.2 Å². The van der Waals surface area contributed by atoms with Gasteiger partial charge in [0.25, 0.3) is 0 Å². The van der Waals surface area contributed by atoms with Crippen molar-refractivity contribution in [1.29, 1.82) is 0 Å². The highest BCUT2D eigenvalue weighted by Crippen LogP contribution is 2.29. The van der Waals surface area contributed by atoms with Crippen LogP contribution in [0.1, 0.15) is 12.5 Å². The predicted octanol–water partition coefficient (Wildman–Crippen LogP) is 4.50. The van der Waals surface area contributed by atoms with Crippen molar-refractivity contribution in [3.05, 3.63) is 44.6 Å². The van der Waals surface area contributed by atoms with E-state index < -0.39 is 6.09 Å². The first-order valence-electron chi connectivity index (χ1n) is 5.43. The maximum absolute atomic E-state index is 11.2. The zero-order valence-electron chi connectivity index (χ0n) is 9.65. The lowest BCUT2D eigenvalue weighted by Crippen LogP contribution is -2.08. The quantitative estimate of drug-likeness (QED) is 0.785. The fraction of sp³-hybridized carbons (Fsp3) is 0.154. The van der Waals surface area contributed by atoms with Crippen LogP contribution >= 0.6 is 34.2 Å². The first-order valence-corrected chi connectivity index (χ1v) is 6.88. The molecule has 0 bridgehead atoms. The van der Waals surface area contributed by atoms with E-state index in [-0.39, 0.29) is 0 Å². The number of halogens is 2. The van der Waals surface area contributed by atoms with Crippen molar-refractivity contribution in [3.63, 3.8) is 0 Å². The van der Waals surface area contributed by atoms with E-state index in [2.05, 4.69) is 22.6 Å². The second-order valence-electron chi connectivity index (χ2n) is 3.85. The molecule has 1 N–H and O–H groups in total. The molecule has 5 heteroatoms. The van der Waals surface area contributed by atoms with Crippen LogP contribution in [0.15, 0.2) is 30.5 Å². The predicted molar refractivity (Wildman–Crippen MR) is 80.4 cm³/mol. The van der Waals surface area contributed by atoms with Gasteiger partial charge in [-0.2, -0.15) is 0 Å². The third kappa shape index (κ3) is 2.54. The van der Waals surface area contributed by atoms with Crippen molar-refractivity contribution in [3.8, 4) is 11.3 Å². The number of benzene rings is 1. The van der Waals surface area contributed by atoms with Crippen LogP contribution < -0.4 is 0 Å². The summed E-state index contributed by atoms with van der Waals surface area (Å²) >= 11 is 8.11. The summed E-state index contributed by atoms with van der Waals surface area (Å²) in [6, 6.07) is 7.41. The molecule has 0 unspecified atom stereocenters. The molecule has 0 saturated heterocycles. The number of hydrogen-bond acceptors (Lipinski definition) is 1. The molecule has 1 heterocycles. The molecule has 18 heavy (non-hydrogen) atoms. The lowest BCUT2D eigenvalue weighted by atomic mass is 10.0. The Morgan fingerprint density at radius 1 is 1.44 bits per heavy atom. The van der Waals surface area contributed by atoms with Crippen LogP contribution in [0.2, 0.25) is 5.02 Å². The zero-order valence-corrected chi connectivity index (χ0v) is 12.6. The Bertz CT molecular complexity index is 607. The summed E-state index contributed by atoms with van der Waals surface area (Å²) in [5, 5.41) is 9.81. The minimum absolute atomic E-state index is 0.607. The SMILES string of the molecule is CCc1ccc(Cl)cc1-c1cc(I)cn1C(=O)O. The molecule has 2 rings (SSSR count). The number of carboxylic acid groups (broad SMARTS) is 1. The number of carbonyl (C=O) groups is 1. The van der Waals surface area contributed by atoms with Crippen molar-refractivity contribution in [1.82, 2.24) is 4.57 Å². The van der Waals surface area contributed by atoms with E-state index in [1.807, 2.05) is 31.2 Å². The number of hydrogen-bond donors (Lipinski definition) is 1. The van der Waals surface area contributed by atoms with Gasteiger partial charge in [-0.05, 0) is 52.8 Å². The van der Waals surface area contributed by atoms with E-state index in [1.165, 1.54) is 4.57 Å². The maximum atomic E-state index is 11.2. The molecule has 0 aliphatic carbocycles. The standard InChI is InChI=1S/C13H11ClINO2/c1-2-8-3-4-9(14)5-11(8)12-6-10(15)7-16(12)13(17)18/h3-7H,2H2,1H3,(H,17,18). The second-order valence-corrected chi connectivity index (χ2v) is 5.53. The van der Waals surface area contributed by atoms with Crippen molar-refractivity contribution in [2.75, 3.05) is 0 Å². The highest BCUT2D eigenvalue weighted by atomic mass is 127. The zero-order chi connectivity index (χ0) is 13.3. The fourth-order valence-corrected chi connectivity index (χ4v) is 2.64. The molecule has 0 saturated carbocycles. The van der Waals surface area contributed by atoms with E-state index in [1.54, 1.807) is 6.20 Å². The van der Waals surface area contributed by atoms with E-state index in [4.69, 9.17) is 11.6 Å². The summed E-state index contributed by atoms with van der Waals surface area (Å²) in [6.45, 7) is 2.03. The van der Waals surface area contributed by atoms with Crippen LogP contribution in [0.4, 0.5) is 4.79 Å². The number of rotatable bonds is 2. The minimum Gasteiger partial charge on any atom is -0.464 e. The summed E-state index contributed by atoms with van der Waals surface area (Å²) in [5.41, 5.74) is 2.61. The van der Waals surface area contributed by atoms with Gasteiger partial charge in [0.1, 0.15) is 0 Å². The fourth-order valence-electron chi connectivity index (χ4n) is 1.89. The Balaban J connectivity index is 2.68. The summed E-state index contributed by atoms with van der Waals surface area (Å²) in [5.74, 6) is 0. The maximum Gasteiger partial charge on any atom is 0.416 e. The highest BCUT2D eigenvalue weighted by molar-refractivity contribution is 14.1. The molecule has 0 radical (unpaired) electrons. The van der Waals surface area contributed by atoms with Crippen molar-refractivity contribution >= 4 is 40.3 Å². The van der Waals surface area contributed by atoms with Gasteiger partial charge in [-0.3, -0.25) is 4.57 Å². The van der Waals surface area contributed by atoms with Gasteiger partial charge in [-0.1, -0.05) is 24.6 Å². The molecule has 2 aromatic rings. The normalized spacial score (nSPS) is 10.6. The Morgan fingerprint density at radius 3 is 2.78 bits per heavy atom. The summed E-state index contributed by atoms with van der Waals surface area (Å²) < 4.78 is 2.11. The first-order chi connectivity index (χ1) is 8.52. The van der Waals surface area contributed by atoms with Gasteiger partial charge in [0.05, 0.1) is 5.69 Å². The third-order valence-electron chi connectivity index (χ3n) is 2.72. The Morgan fingerprint density at radius 2 is 2.17 bits per heavy atom. The molecular weight excluding hydrogens is 365 g/mol. The van der Waals surface area contributed by atoms with Crippen LogP contribution in [0.3, 0.4) is 0 Å². The number of aryl methyl sites for hydroxylation is 1. The van der Waals surface area contributed by atoms with Crippen LogP contribution in [0.25, 0.3) is 11.3 Å². The van der Waals surface area contributed by atoms with Gasteiger partial charge in [0.15, 0.2) is 0 Å². The average molecular weight is 376 g/mol. The molecule has 0 aliphatic rings. The molecule has 0 spiro atoms. The summed E-state index contributed by atoms with van der Waals surface area (Å²) in [6.07, 6.45) is 1.43. The van der Waals surface area contributed by atoms with E-state index in [0.29, 0.717) is 10.7 Å². The third-order valence-corrected chi connectivity index (χ3v) is 3.55. The van der Waals surface area contributed by atoms with Crippen LogP contribution in [-0.2, 0) is 6.42 Å². The second kappa shape index (κ2) is 5.32. The van der Waals surface area contributed by atoms with Crippen LogP contribution in [0.5, 0.6) is 0 Å². The van der Waals surface area contributed by atoms with Crippen LogP contribution in [0, 0.1) is 3.57 Å². The minimum atomic E-state index is -0.991. The summed E-state index contributed by atoms with van der Waals surface area (Å²) in [7, 11) is 0. The van der Waals surface area contributed by atoms with Gasteiger partial charge in [-0.15, -0.1) is 0 Å². The van der Waals surface area contributed by atoms with Gasteiger partial charge >= 0.3 is 6.09 Å². The lowest BCUT2D eigenvalue weighted by Gasteiger charge is -2.09. The smallest absolute Gasteiger partial charge is 0.416 e. The van der Waals surface area contributed by atoms with E-state index >= 15 is 0 Å². The Kier molecular flexibility index (Phi) is 3.97. The molecule has 0 atom stereocenters. The van der Waals surface area contributed by atoms with Gasteiger partial charge < -0.3 is 5.11 Å². The monoisotopic (exact) mass is 375 g/mol. The Hall–Kier alpha value is -1.01. The molecule has 94 valence electrons. The van der Waals surface area contributed by atoms with Gasteiger partial charge in [-0.25, -0.2) is 4.79 Å². The molecule has 0 fully saturated rings. The number of aromatic nitrogens is 1. The van der Waals surface area contributed by atoms with E-state index in [0.717, 1.165) is 21.1 Å². The van der Waals surface area contributed by atoms with Crippen molar-refractivity contribution in [2.45, 2.75) is 13.3 Å². The number of nitrogens with zero attached hydrogens (tertiary/aromatic N) is 1. The molecule has 0 aliphatic heterocycles. The lowest BCUT2D eigenvalue weighted by molar-refractivity contribution is 0.197. The molecule has 1 aromatic heterocycles. The van der Waals surface area contributed by atoms with Crippen molar-refractivity contribution < 1.29 is 9.90 Å². The van der Waals surface area contributed by atoms with E-state index in [9.17, 15) is 9.90 Å².